The lowest BCUT2D eigenvalue weighted by atomic mass is 9.91. The summed E-state index contributed by atoms with van der Waals surface area (Å²) in [6.45, 7) is 0. The zero-order valence-electron chi connectivity index (χ0n) is 12.4. The first-order valence-corrected chi connectivity index (χ1v) is 7.31. The molecule has 0 saturated heterocycles. The third kappa shape index (κ3) is 3.74. The number of nitrogens with one attached hydrogen (secondary N) is 1. The Morgan fingerprint density at radius 2 is 1.52 bits per heavy atom. The Morgan fingerprint density at radius 1 is 0.913 bits per heavy atom. The number of carbonyl (C=O) groups excluding carboxylic acids is 1. The van der Waals surface area contributed by atoms with E-state index in [9.17, 15) is 4.79 Å². The fourth-order valence-electron chi connectivity index (χ4n) is 2.37. The quantitative estimate of drug-likeness (QED) is 0.579. The number of hydrogen-bond donors (Lipinski definition) is 1. The summed E-state index contributed by atoms with van der Waals surface area (Å²) in [4.78, 5) is 12.6. The highest BCUT2D eigenvalue weighted by atomic mass is 16.3. The zero-order valence-corrected chi connectivity index (χ0v) is 12.4. The minimum atomic E-state index is -0.411. The molecule has 0 fully saturated rings. The molecule has 0 radical (unpaired) electrons. The zero-order chi connectivity index (χ0) is 15.9. The number of benzene rings is 2. The van der Waals surface area contributed by atoms with E-state index in [0.29, 0.717) is 5.76 Å². The third-order valence-corrected chi connectivity index (χ3v) is 3.44. The average molecular weight is 304 g/mol. The van der Waals surface area contributed by atoms with E-state index in [4.69, 9.17) is 4.42 Å². The van der Waals surface area contributed by atoms with Gasteiger partial charge in [0.15, 0.2) is 0 Å². The van der Waals surface area contributed by atoms with Crippen LogP contribution in [0.5, 0.6) is 0 Å². The Hall–Kier alpha value is -3.14. The number of hydrazone groups is 1. The maximum Gasteiger partial charge on any atom is 0.252 e. The number of rotatable bonds is 5. The van der Waals surface area contributed by atoms with Crippen LogP contribution in [0.2, 0.25) is 0 Å². The Balaban J connectivity index is 1.82. The Labute approximate surface area is 134 Å². The molecule has 1 aromatic heterocycles. The van der Waals surface area contributed by atoms with Crippen LogP contribution in [0.3, 0.4) is 0 Å². The summed E-state index contributed by atoms with van der Waals surface area (Å²) in [7, 11) is 0. The summed E-state index contributed by atoms with van der Waals surface area (Å²) in [6.07, 6.45) is 3.03. The summed E-state index contributed by atoms with van der Waals surface area (Å²) in [5, 5.41) is 3.97. The first-order valence-electron chi connectivity index (χ1n) is 7.31. The minimum absolute atomic E-state index is 0.190. The van der Waals surface area contributed by atoms with Crippen LogP contribution in [0.25, 0.3) is 0 Å². The minimum Gasteiger partial charge on any atom is -0.463 e. The van der Waals surface area contributed by atoms with E-state index in [-0.39, 0.29) is 5.91 Å². The summed E-state index contributed by atoms with van der Waals surface area (Å²) in [5.41, 5.74) is 4.43. The van der Waals surface area contributed by atoms with Crippen LogP contribution in [0, 0.1) is 0 Å². The number of amides is 1. The molecule has 0 bridgehead atoms. The van der Waals surface area contributed by atoms with Gasteiger partial charge in [0.2, 0.25) is 0 Å². The molecule has 23 heavy (non-hydrogen) atoms. The fourth-order valence-corrected chi connectivity index (χ4v) is 2.37. The second-order valence-corrected chi connectivity index (χ2v) is 5.00. The van der Waals surface area contributed by atoms with Crippen molar-refractivity contribution in [1.82, 2.24) is 5.43 Å². The first kappa shape index (κ1) is 14.8. The monoisotopic (exact) mass is 304 g/mol. The molecule has 4 heteroatoms. The van der Waals surface area contributed by atoms with E-state index >= 15 is 0 Å². The molecular formula is C19H16N2O2. The molecule has 0 saturated carbocycles. The van der Waals surface area contributed by atoms with Crippen molar-refractivity contribution in [3.8, 4) is 0 Å². The van der Waals surface area contributed by atoms with Crippen LogP contribution < -0.4 is 5.43 Å². The van der Waals surface area contributed by atoms with Crippen LogP contribution in [-0.2, 0) is 4.79 Å². The van der Waals surface area contributed by atoms with Crippen molar-refractivity contribution in [3.05, 3.63) is 95.9 Å². The lowest BCUT2D eigenvalue weighted by Gasteiger charge is -2.16. The molecule has 4 nitrogen and oxygen atoms in total. The van der Waals surface area contributed by atoms with E-state index in [1.165, 1.54) is 6.21 Å². The summed E-state index contributed by atoms with van der Waals surface area (Å²) >= 11 is 0. The van der Waals surface area contributed by atoms with Crippen LogP contribution in [0.4, 0.5) is 0 Å². The number of hydrogen-bond acceptors (Lipinski definition) is 3. The molecular weight excluding hydrogens is 288 g/mol. The Kier molecular flexibility index (Phi) is 4.64. The van der Waals surface area contributed by atoms with Crippen molar-refractivity contribution in [3.63, 3.8) is 0 Å². The second kappa shape index (κ2) is 7.22. The molecule has 0 aliphatic heterocycles. The van der Waals surface area contributed by atoms with Crippen LogP contribution in [0.1, 0.15) is 22.8 Å². The topological polar surface area (TPSA) is 54.6 Å². The molecule has 0 aliphatic carbocycles. The van der Waals surface area contributed by atoms with E-state index in [1.54, 1.807) is 18.4 Å². The average Bonchev–Trinajstić information content (AvgIpc) is 3.10. The largest absolute Gasteiger partial charge is 0.463 e. The van der Waals surface area contributed by atoms with Gasteiger partial charge < -0.3 is 4.42 Å². The SMILES string of the molecule is O=C(N/N=C\c1ccco1)C(c1ccccc1)c1ccccc1. The van der Waals surface area contributed by atoms with Crippen molar-refractivity contribution in [2.75, 3.05) is 0 Å². The molecule has 2 aromatic carbocycles. The van der Waals surface area contributed by atoms with E-state index in [2.05, 4.69) is 10.5 Å². The van der Waals surface area contributed by atoms with Crippen molar-refractivity contribution < 1.29 is 9.21 Å². The fraction of sp³-hybridized carbons (Fsp3) is 0.0526. The van der Waals surface area contributed by atoms with Crippen LogP contribution >= 0.6 is 0 Å². The highest BCUT2D eigenvalue weighted by Crippen LogP contribution is 2.24. The highest BCUT2D eigenvalue weighted by Gasteiger charge is 2.22. The van der Waals surface area contributed by atoms with Gasteiger partial charge in [-0.3, -0.25) is 4.79 Å². The smallest absolute Gasteiger partial charge is 0.252 e. The molecule has 3 aromatic rings. The van der Waals surface area contributed by atoms with Gasteiger partial charge in [0.05, 0.1) is 18.4 Å². The third-order valence-electron chi connectivity index (χ3n) is 3.44. The van der Waals surface area contributed by atoms with Crippen molar-refractivity contribution in [2.45, 2.75) is 5.92 Å². The lowest BCUT2D eigenvalue weighted by molar-refractivity contribution is -0.121. The van der Waals surface area contributed by atoms with E-state index < -0.39 is 5.92 Å². The standard InChI is InChI=1S/C19H16N2O2/c22-19(21-20-14-17-12-7-13-23-17)18(15-8-3-1-4-9-15)16-10-5-2-6-11-16/h1-14,18H,(H,21,22)/b20-14-. The molecule has 0 unspecified atom stereocenters. The van der Waals surface area contributed by atoms with E-state index in [0.717, 1.165) is 11.1 Å². The van der Waals surface area contributed by atoms with Gasteiger partial charge in [-0.15, -0.1) is 0 Å². The molecule has 114 valence electrons. The molecule has 1 heterocycles. The van der Waals surface area contributed by atoms with Crippen LogP contribution in [0.15, 0.2) is 88.6 Å². The molecule has 0 aliphatic rings. The maximum absolute atomic E-state index is 12.6. The summed E-state index contributed by atoms with van der Waals surface area (Å²) < 4.78 is 5.14. The van der Waals surface area contributed by atoms with Gasteiger partial charge >= 0.3 is 0 Å². The predicted molar refractivity (Wildman–Crippen MR) is 89.2 cm³/mol. The van der Waals surface area contributed by atoms with Gasteiger partial charge in [-0.05, 0) is 23.3 Å². The van der Waals surface area contributed by atoms with Gasteiger partial charge in [0, 0.05) is 0 Å². The van der Waals surface area contributed by atoms with Crippen molar-refractivity contribution in [2.24, 2.45) is 5.10 Å². The van der Waals surface area contributed by atoms with Gasteiger partial charge in [0.25, 0.3) is 5.91 Å². The Bertz CT molecular complexity index is 726. The van der Waals surface area contributed by atoms with Gasteiger partial charge in [-0.25, -0.2) is 5.43 Å². The predicted octanol–water partition coefficient (Wildman–Crippen LogP) is 3.56. The maximum atomic E-state index is 12.6. The van der Waals surface area contributed by atoms with Gasteiger partial charge in [-0.2, -0.15) is 5.10 Å². The number of furan rings is 1. The summed E-state index contributed by atoms with van der Waals surface area (Å²) in [5.74, 6) is -0.0161. The lowest BCUT2D eigenvalue weighted by Crippen LogP contribution is -2.26. The van der Waals surface area contributed by atoms with E-state index in [1.807, 2.05) is 60.7 Å². The number of carbonyl (C=O) groups is 1. The summed E-state index contributed by atoms with van der Waals surface area (Å²) in [6, 6.07) is 22.8. The van der Waals surface area contributed by atoms with Crippen molar-refractivity contribution in [1.29, 1.82) is 0 Å². The number of nitrogens with zero attached hydrogens (tertiary/aromatic N) is 1. The first-order chi connectivity index (χ1) is 11.3. The van der Waals surface area contributed by atoms with Gasteiger partial charge in [0.1, 0.15) is 5.76 Å². The normalized spacial score (nSPS) is 11.0. The molecule has 3 rings (SSSR count). The molecule has 1 N–H and O–H groups in total. The molecule has 0 spiro atoms. The van der Waals surface area contributed by atoms with Crippen LogP contribution in [-0.4, -0.2) is 12.1 Å². The molecule has 1 amide bonds. The molecule has 0 atom stereocenters. The second-order valence-electron chi connectivity index (χ2n) is 5.00. The van der Waals surface area contributed by atoms with Gasteiger partial charge in [-0.1, -0.05) is 60.7 Å². The Morgan fingerprint density at radius 3 is 2.04 bits per heavy atom. The highest BCUT2D eigenvalue weighted by molar-refractivity contribution is 5.88. The van der Waals surface area contributed by atoms with Crippen molar-refractivity contribution >= 4 is 12.1 Å².